The molecule has 0 spiro atoms. The monoisotopic (exact) mass is 281 g/mol. The Balaban J connectivity index is 0. The SMILES string of the molecule is C=CC.C=CC/C=C\C.COC1CC(C(C)=O)N(C)C1. The number of Topliss-reactive ketones (excluding diaryl/α,β-unsaturated/α-hetero) is 1. The van der Waals surface area contributed by atoms with E-state index in [1.54, 1.807) is 20.1 Å². The number of ether oxygens (including phenoxy) is 1. The van der Waals surface area contributed by atoms with E-state index in [9.17, 15) is 4.79 Å². The van der Waals surface area contributed by atoms with Gasteiger partial charge in [0.1, 0.15) is 5.78 Å². The van der Waals surface area contributed by atoms with Crippen molar-refractivity contribution in [2.24, 2.45) is 0 Å². The van der Waals surface area contributed by atoms with Crippen molar-refractivity contribution < 1.29 is 9.53 Å². The fourth-order valence-corrected chi connectivity index (χ4v) is 1.83. The van der Waals surface area contributed by atoms with Crippen molar-refractivity contribution in [1.29, 1.82) is 0 Å². The molecule has 1 fully saturated rings. The summed E-state index contributed by atoms with van der Waals surface area (Å²) < 4.78 is 5.17. The number of hydrogen-bond donors (Lipinski definition) is 0. The van der Waals surface area contributed by atoms with Gasteiger partial charge in [0, 0.05) is 13.7 Å². The molecule has 0 N–H and O–H groups in total. The van der Waals surface area contributed by atoms with Crippen LogP contribution in [-0.2, 0) is 9.53 Å². The molecule has 2 atom stereocenters. The summed E-state index contributed by atoms with van der Waals surface area (Å²) in [6, 6.07) is 0.0833. The Kier molecular flexibility index (Phi) is 15.0. The predicted molar refractivity (Wildman–Crippen MR) is 88.0 cm³/mol. The number of allylic oxidation sites excluding steroid dienone is 4. The number of likely N-dealkylation sites (tertiary alicyclic amines) is 1. The number of carbonyl (C=O) groups is 1. The highest BCUT2D eigenvalue weighted by atomic mass is 16.5. The summed E-state index contributed by atoms with van der Waals surface area (Å²) in [6.07, 6.45) is 9.79. The fourth-order valence-electron chi connectivity index (χ4n) is 1.83. The van der Waals surface area contributed by atoms with E-state index in [0.717, 1.165) is 19.4 Å². The van der Waals surface area contributed by atoms with Gasteiger partial charge in [-0.3, -0.25) is 9.69 Å². The molecule has 1 rings (SSSR count). The number of nitrogens with zero attached hydrogens (tertiary/aromatic N) is 1. The van der Waals surface area contributed by atoms with Gasteiger partial charge in [-0.05, 0) is 40.7 Å². The summed E-state index contributed by atoms with van der Waals surface area (Å²) in [7, 11) is 3.66. The van der Waals surface area contributed by atoms with Gasteiger partial charge >= 0.3 is 0 Å². The van der Waals surface area contributed by atoms with Crippen LogP contribution in [0.4, 0.5) is 0 Å². The molecule has 0 aromatic rings. The Morgan fingerprint density at radius 1 is 1.40 bits per heavy atom. The third-order valence-electron chi connectivity index (χ3n) is 2.85. The quantitative estimate of drug-likeness (QED) is 0.737. The predicted octanol–water partition coefficient (Wildman–Crippen LogP) is 3.63. The Labute approximate surface area is 125 Å². The highest BCUT2D eigenvalue weighted by Gasteiger charge is 2.31. The fraction of sp³-hybridized carbons (Fsp3) is 0.588. The van der Waals surface area contributed by atoms with E-state index >= 15 is 0 Å². The van der Waals surface area contributed by atoms with E-state index in [0.29, 0.717) is 0 Å². The first kappa shape index (κ1) is 21.1. The maximum Gasteiger partial charge on any atom is 0.146 e. The normalized spacial score (nSPS) is 21.4. The van der Waals surface area contributed by atoms with Gasteiger partial charge in [0.15, 0.2) is 0 Å². The van der Waals surface area contributed by atoms with Gasteiger partial charge < -0.3 is 4.74 Å². The van der Waals surface area contributed by atoms with Crippen molar-refractivity contribution in [2.45, 2.75) is 45.8 Å². The third-order valence-corrected chi connectivity index (χ3v) is 2.85. The molecule has 1 aliphatic rings. The van der Waals surface area contributed by atoms with Crippen LogP contribution in [0.2, 0.25) is 0 Å². The van der Waals surface area contributed by atoms with Crippen LogP contribution >= 0.6 is 0 Å². The third kappa shape index (κ3) is 10.7. The van der Waals surface area contributed by atoms with Crippen LogP contribution in [0.15, 0.2) is 37.5 Å². The number of hydrogen-bond acceptors (Lipinski definition) is 3. The highest BCUT2D eigenvalue weighted by Crippen LogP contribution is 2.18. The second kappa shape index (κ2) is 14.2. The van der Waals surface area contributed by atoms with Crippen LogP contribution in [-0.4, -0.2) is 43.5 Å². The van der Waals surface area contributed by atoms with Gasteiger partial charge in [0.2, 0.25) is 0 Å². The minimum absolute atomic E-state index is 0.0833. The topological polar surface area (TPSA) is 29.5 Å². The number of ketones is 1. The Morgan fingerprint density at radius 3 is 2.15 bits per heavy atom. The molecule has 3 heteroatoms. The van der Waals surface area contributed by atoms with Crippen molar-refractivity contribution >= 4 is 5.78 Å². The molecule has 1 saturated heterocycles. The van der Waals surface area contributed by atoms with E-state index in [4.69, 9.17) is 4.74 Å². The molecule has 116 valence electrons. The first-order chi connectivity index (χ1) is 9.48. The summed E-state index contributed by atoms with van der Waals surface area (Å²) in [5.41, 5.74) is 0. The second-order valence-corrected chi connectivity index (χ2v) is 4.66. The molecule has 0 aromatic heterocycles. The summed E-state index contributed by atoms with van der Waals surface area (Å²) >= 11 is 0. The van der Waals surface area contributed by atoms with Gasteiger partial charge in [-0.1, -0.05) is 24.3 Å². The van der Waals surface area contributed by atoms with Crippen molar-refractivity contribution in [3.63, 3.8) is 0 Å². The van der Waals surface area contributed by atoms with Gasteiger partial charge in [0.25, 0.3) is 0 Å². The zero-order chi connectivity index (χ0) is 16.0. The maximum absolute atomic E-state index is 11.0. The van der Waals surface area contributed by atoms with Crippen LogP contribution in [0, 0.1) is 0 Å². The van der Waals surface area contributed by atoms with E-state index in [1.165, 1.54) is 0 Å². The number of methoxy groups -OCH3 is 1. The minimum atomic E-state index is 0.0833. The Hall–Kier alpha value is -1.19. The van der Waals surface area contributed by atoms with Gasteiger partial charge in [-0.25, -0.2) is 0 Å². The Bertz CT molecular complexity index is 297. The van der Waals surface area contributed by atoms with Crippen LogP contribution in [0.25, 0.3) is 0 Å². The molecule has 20 heavy (non-hydrogen) atoms. The summed E-state index contributed by atoms with van der Waals surface area (Å²) in [4.78, 5) is 13.1. The van der Waals surface area contributed by atoms with Gasteiger partial charge in [-0.2, -0.15) is 0 Å². The van der Waals surface area contributed by atoms with Crippen molar-refractivity contribution in [2.75, 3.05) is 20.7 Å². The smallest absolute Gasteiger partial charge is 0.146 e. The molecule has 0 amide bonds. The number of rotatable bonds is 4. The van der Waals surface area contributed by atoms with Crippen LogP contribution in [0.5, 0.6) is 0 Å². The van der Waals surface area contributed by atoms with E-state index in [2.05, 4.69) is 24.1 Å². The van der Waals surface area contributed by atoms with Crippen LogP contribution in [0.1, 0.15) is 33.6 Å². The first-order valence-electron chi connectivity index (χ1n) is 7.00. The average molecular weight is 281 g/mol. The first-order valence-corrected chi connectivity index (χ1v) is 7.00. The second-order valence-electron chi connectivity index (χ2n) is 4.66. The number of likely N-dealkylation sites (N-methyl/N-ethyl adjacent to an activating group) is 1. The summed E-state index contributed by atoms with van der Waals surface area (Å²) in [5.74, 6) is 0.243. The largest absolute Gasteiger partial charge is 0.380 e. The molecule has 0 bridgehead atoms. The molecule has 0 aromatic carbocycles. The lowest BCUT2D eigenvalue weighted by atomic mass is 10.1. The molecule has 0 radical (unpaired) electrons. The van der Waals surface area contributed by atoms with Gasteiger partial charge in [0.05, 0.1) is 12.1 Å². The molecule has 2 unspecified atom stereocenters. The zero-order valence-electron chi connectivity index (χ0n) is 13.8. The Morgan fingerprint density at radius 2 is 1.95 bits per heavy atom. The van der Waals surface area contributed by atoms with Crippen LogP contribution < -0.4 is 0 Å². The standard InChI is InChI=1S/C8H15NO2.C6H10.C3H6/c1-6(10)8-4-7(11-3)5-9(8)2;1-3-5-6-4-2;1-3-2/h7-8H,4-5H2,1-3H3;3-4,6H,1,5H2,2H3;3H,1H2,2H3/b;6-4-;. The summed E-state index contributed by atoms with van der Waals surface area (Å²) in [6.45, 7) is 13.3. The lowest BCUT2D eigenvalue weighted by Gasteiger charge is -2.14. The zero-order valence-corrected chi connectivity index (χ0v) is 13.8. The molecule has 1 heterocycles. The van der Waals surface area contributed by atoms with Crippen LogP contribution in [0.3, 0.4) is 0 Å². The minimum Gasteiger partial charge on any atom is -0.380 e. The van der Waals surface area contributed by atoms with Crippen molar-refractivity contribution in [1.82, 2.24) is 4.90 Å². The number of carbonyl (C=O) groups excluding carboxylic acids is 1. The van der Waals surface area contributed by atoms with E-state index in [1.807, 2.05) is 33.0 Å². The maximum atomic E-state index is 11.0. The van der Waals surface area contributed by atoms with E-state index in [-0.39, 0.29) is 17.9 Å². The van der Waals surface area contributed by atoms with Crippen molar-refractivity contribution in [3.05, 3.63) is 37.5 Å². The lowest BCUT2D eigenvalue weighted by Crippen LogP contribution is -2.30. The molecule has 0 aliphatic carbocycles. The molecule has 0 saturated carbocycles. The van der Waals surface area contributed by atoms with Crippen molar-refractivity contribution in [3.8, 4) is 0 Å². The lowest BCUT2D eigenvalue weighted by molar-refractivity contribution is -0.120. The average Bonchev–Trinajstić information content (AvgIpc) is 2.79. The van der Waals surface area contributed by atoms with Gasteiger partial charge in [-0.15, -0.1) is 13.2 Å². The van der Waals surface area contributed by atoms with E-state index < -0.39 is 0 Å². The molecule has 3 nitrogen and oxygen atoms in total. The molecule has 1 aliphatic heterocycles. The summed E-state index contributed by atoms with van der Waals surface area (Å²) in [5, 5.41) is 0. The highest BCUT2D eigenvalue weighted by molar-refractivity contribution is 5.81. The molecular formula is C17H31NO2. The molecular weight excluding hydrogens is 250 g/mol.